The number of methoxy groups -OCH3 is 1. The molecular formula is C12H15ClO4. The number of hydrogen-bond acceptors (Lipinski definition) is 4. The molecule has 2 N–H and O–H groups in total. The molecule has 0 heterocycles. The van der Waals surface area contributed by atoms with Gasteiger partial charge in [-0.05, 0) is 24.1 Å². The zero-order valence-electron chi connectivity index (χ0n) is 9.47. The lowest BCUT2D eigenvalue weighted by Crippen LogP contribution is -2.18. The second-order valence-electron chi connectivity index (χ2n) is 3.61. The van der Waals surface area contributed by atoms with E-state index in [1.165, 1.54) is 13.2 Å². The highest BCUT2D eigenvalue weighted by molar-refractivity contribution is 6.17. The van der Waals surface area contributed by atoms with E-state index in [1.54, 1.807) is 12.1 Å². The van der Waals surface area contributed by atoms with Crippen LogP contribution in [0.25, 0.3) is 0 Å². The Balaban J connectivity index is 2.95. The standard InChI is InChI=1S/C12H15ClO4/c1-17-11-3-2-8(6-9(11)7-14)12(16)10(15)4-5-13/h2-3,6-7,10,12,15-16H,4-5H2,1H3. The fourth-order valence-corrected chi connectivity index (χ4v) is 1.74. The van der Waals surface area contributed by atoms with Crippen molar-refractivity contribution in [3.05, 3.63) is 29.3 Å². The van der Waals surface area contributed by atoms with Crippen molar-refractivity contribution in [2.75, 3.05) is 13.0 Å². The molecule has 0 saturated carbocycles. The Morgan fingerprint density at radius 3 is 2.71 bits per heavy atom. The predicted molar refractivity (Wildman–Crippen MR) is 64.7 cm³/mol. The number of carbonyl (C=O) groups is 1. The first-order valence-electron chi connectivity index (χ1n) is 5.19. The number of halogens is 1. The predicted octanol–water partition coefficient (Wildman–Crippen LogP) is 1.53. The third kappa shape index (κ3) is 3.43. The van der Waals surface area contributed by atoms with Crippen molar-refractivity contribution in [3.63, 3.8) is 0 Å². The molecule has 0 aromatic heterocycles. The summed E-state index contributed by atoms with van der Waals surface area (Å²) < 4.78 is 4.98. The van der Waals surface area contributed by atoms with E-state index < -0.39 is 12.2 Å². The SMILES string of the molecule is COc1ccc(C(O)C(O)CCCl)cc1C=O. The molecule has 0 radical (unpaired) electrons. The van der Waals surface area contributed by atoms with Gasteiger partial charge < -0.3 is 14.9 Å². The molecule has 0 aliphatic carbocycles. The van der Waals surface area contributed by atoms with Gasteiger partial charge in [0.25, 0.3) is 0 Å². The summed E-state index contributed by atoms with van der Waals surface area (Å²) in [6.45, 7) is 0. The van der Waals surface area contributed by atoms with E-state index in [2.05, 4.69) is 0 Å². The maximum Gasteiger partial charge on any atom is 0.153 e. The Kier molecular flexibility index (Phi) is 5.41. The molecule has 17 heavy (non-hydrogen) atoms. The van der Waals surface area contributed by atoms with Crippen molar-refractivity contribution in [1.29, 1.82) is 0 Å². The van der Waals surface area contributed by atoms with Crippen molar-refractivity contribution in [1.82, 2.24) is 0 Å². The van der Waals surface area contributed by atoms with Crippen LogP contribution < -0.4 is 4.74 Å². The van der Waals surface area contributed by atoms with Crippen molar-refractivity contribution >= 4 is 17.9 Å². The van der Waals surface area contributed by atoms with Crippen LogP contribution in [0.4, 0.5) is 0 Å². The number of hydrogen-bond donors (Lipinski definition) is 2. The van der Waals surface area contributed by atoms with Gasteiger partial charge in [-0.2, -0.15) is 0 Å². The van der Waals surface area contributed by atoms with Gasteiger partial charge in [0.15, 0.2) is 6.29 Å². The number of ether oxygens (including phenoxy) is 1. The van der Waals surface area contributed by atoms with Crippen molar-refractivity contribution < 1.29 is 19.7 Å². The van der Waals surface area contributed by atoms with E-state index in [0.29, 0.717) is 23.2 Å². The summed E-state index contributed by atoms with van der Waals surface area (Å²) in [6, 6.07) is 4.68. The summed E-state index contributed by atoms with van der Waals surface area (Å²) in [5.41, 5.74) is 0.799. The lowest BCUT2D eigenvalue weighted by molar-refractivity contribution is 0.0169. The van der Waals surface area contributed by atoms with Gasteiger partial charge in [-0.3, -0.25) is 4.79 Å². The van der Waals surface area contributed by atoms with Crippen LogP contribution in [0.2, 0.25) is 0 Å². The molecule has 0 bridgehead atoms. The minimum Gasteiger partial charge on any atom is -0.496 e. The molecule has 1 aromatic carbocycles. The van der Waals surface area contributed by atoms with Gasteiger partial charge >= 0.3 is 0 Å². The van der Waals surface area contributed by atoms with E-state index >= 15 is 0 Å². The average molecular weight is 259 g/mol. The van der Waals surface area contributed by atoms with Crippen LogP contribution >= 0.6 is 11.6 Å². The second-order valence-corrected chi connectivity index (χ2v) is 3.99. The molecular weight excluding hydrogens is 244 g/mol. The molecule has 1 aromatic rings. The van der Waals surface area contributed by atoms with Gasteiger partial charge in [-0.25, -0.2) is 0 Å². The minimum absolute atomic E-state index is 0.259. The van der Waals surface area contributed by atoms with Crippen molar-refractivity contribution in [2.24, 2.45) is 0 Å². The molecule has 0 saturated heterocycles. The van der Waals surface area contributed by atoms with E-state index in [9.17, 15) is 15.0 Å². The highest BCUT2D eigenvalue weighted by Gasteiger charge is 2.18. The van der Waals surface area contributed by atoms with Gasteiger partial charge in [-0.15, -0.1) is 11.6 Å². The Labute approximate surface area is 105 Å². The normalized spacial score (nSPS) is 14.1. The fraction of sp³-hybridized carbons (Fsp3) is 0.417. The van der Waals surface area contributed by atoms with E-state index in [4.69, 9.17) is 16.3 Å². The molecule has 4 nitrogen and oxygen atoms in total. The summed E-state index contributed by atoms with van der Waals surface area (Å²) in [4.78, 5) is 10.8. The van der Waals surface area contributed by atoms with Gasteiger partial charge in [0, 0.05) is 5.88 Å². The molecule has 1 rings (SSSR count). The lowest BCUT2D eigenvalue weighted by Gasteiger charge is -2.18. The van der Waals surface area contributed by atoms with Gasteiger partial charge in [0.1, 0.15) is 11.9 Å². The van der Waals surface area contributed by atoms with Crippen LogP contribution in [0, 0.1) is 0 Å². The van der Waals surface area contributed by atoms with Gasteiger partial charge in [0.05, 0.1) is 18.8 Å². The lowest BCUT2D eigenvalue weighted by atomic mass is 10.0. The van der Waals surface area contributed by atoms with Crippen LogP contribution in [0.3, 0.4) is 0 Å². The summed E-state index contributed by atoms with van der Waals surface area (Å²) in [5.74, 6) is 0.692. The van der Waals surface area contributed by atoms with Crippen LogP contribution in [0.5, 0.6) is 5.75 Å². The first-order valence-corrected chi connectivity index (χ1v) is 5.72. The molecule has 0 amide bonds. The molecule has 2 atom stereocenters. The number of carbonyl (C=O) groups excluding carboxylic acids is 1. The van der Waals surface area contributed by atoms with Crippen LogP contribution in [-0.4, -0.2) is 35.6 Å². The zero-order valence-corrected chi connectivity index (χ0v) is 10.2. The summed E-state index contributed by atoms with van der Waals surface area (Å²) >= 11 is 5.49. The van der Waals surface area contributed by atoms with Crippen LogP contribution in [-0.2, 0) is 0 Å². The number of aldehydes is 1. The van der Waals surface area contributed by atoms with Crippen LogP contribution in [0.15, 0.2) is 18.2 Å². The topological polar surface area (TPSA) is 66.8 Å². The van der Waals surface area contributed by atoms with Crippen molar-refractivity contribution in [2.45, 2.75) is 18.6 Å². The maximum absolute atomic E-state index is 10.8. The summed E-state index contributed by atoms with van der Waals surface area (Å²) in [7, 11) is 1.46. The largest absolute Gasteiger partial charge is 0.496 e. The van der Waals surface area contributed by atoms with Crippen molar-refractivity contribution in [3.8, 4) is 5.75 Å². The monoisotopic (exact) mass is 258 g/mol. The first kappa shape index (κ1) is 14.0. The smallest absolute Gasteiger partial charge is 0.153 e. The first-order chi connectivity index (χ1) is 8.13. The van der Waals surface area contributed by atoms with E-state index in [-0.39, 0.29) is 12.3 Å². The molecule has 0 aliphatic rings. The Bertz CT molecular complexity index is 381. The Morgan fingerprint density at radius 1 is 1.47 bits per heavy atom. The third-order valence-electron chi connectivity index (χ3n) is 2.49. The minimum atomic E-state index is -1.06. The third-order valence-corrected chi connectivity index (χ3v) is 2.71. The summed E-state index contributed by atoms with van der Waals surface area (Å²) in [6.07, 6.45) is -1.08. The highest BCUT2D eigenvalue weighted by Crippen LogP contribution is 2.25. The maximum atomic E-state index is 10.8. The van der Waals surface area contributed by atoms with E-state index in [0.717, 1.165) is 0 Å². The number of aliphatic hydroxyl groups is 2. The second kappa shape index (κ2) is 6.59. The number of rotatable bonds is 6. The molecule has 0 aliphatic heterocycles. The van der Waals surface area contributed by atoms with Gasteiger partial charge in [-0.1, -0.05) is 6.07 Å². The average Bonchev–Trinajstić information content (AvgIpc) is 2.37. The van der Waals surface area contributed by atoms with Gasteiger partial charge in [0.2, 0.25) is 0 Å². The molecule has 5 heteroatoms. The molecule has 94 valence electrons. The number of alkyl halides is 1. The molecule has 0 fully saturated rings. The van der Waals surface area contributed by atoms with Crippen LogP contribution in [0.1, 0.15) is 28.4 Å². The quantitative estimate of drug-likeness (QED) is 0.600. The summed E-state index contributed by atoms with van der Waals surface area (Å²) in [5, 5.41) is 19.4. The molecule has 2 unspecified atom stereocenters. The number of aliphatic hydroxyl groups excluding tert-OH is 2. The highest BCUT2D eigenvalue weighted by atomic mass is 35.5. The van der Waals surface area contributed by atoms with E-state index in [1.807, 2.05) is 0 Å². The fourth-order valence-electron chi connectivity index (χ4n) is 1.52. The Morgan fingerprint density at radius 2 is 2.18 bits per heavy atom. The number of benzene rings is 1. The Hall–Kier alpha value is -1.10. The molecule has 0 spiro atoms. The zero-order chi connectivity index (χ0) is 12.8.